The van der Waals surface area contributed by atoms with Gasteiger partial charge in [-0.15, -0.1) is 0 Å². The predicted molar refractivity (Wildman–Crippen MR) is 127 cm³/mol. The molecule has 2 saturated heterocycles. The van der Waals surface area contributed by atoms with Crippen LogP contribution in [0.25, 0.3) is 0 Å². The quantitative estimate of drug-likeness (QED) is 0.0934. The second kappa shape index (κ2) is 14.7. The van der Waals surface area contributed by atoms with Crippen LogP contribution in [0.15, 0.2) is 11.6 Å². The topological polar surface area (TPSA) is 265 Å². The van der Waals surface area contributed by atoms with Crippen LogP contribution in [0.4, 0.5) is 0 Å². The van der Waals surface area contributed by atoms with Crippen LogP contribution < -0.4 is 5.32 Å². The molecular formula is C23H39NO15. The summed E-state index contributed by atoms with van der Waals surface area (Å²) in [6, 6.07) is -1.54. The standard InChI is InChI=1S/C23H39NO15/c1-3-10(2)4-5-36-21-19(33)18(32)17(31)13(38-21)9-37-23(22(34)35)6-11(27)15(24-14(29)8-26)20(39-23)16(30)12(28)7-25/h3,11-13,15-21,25-28,30-33H,4-9H2,1-2H3,(H,24,29)(H,34,35)/b10-3+/t11-,12+,13?,15?,16?,17?,18?,19+,20+,21?,23-/m0/s1. The number of hydrogen-bond acceptors (Lipinski definition) is 14. The van der Waals surface area contributed by atoms with Crippen LogP contribution in [0.5, 0.6) is 0 Å². The molecule has 0 bridgehead atoms. The minimum absolute atomic E-state index is 0.0936. The second-order valence-electron chi connectivity index (χ2n) is 9.49. The molecule has 2 aliphatic rings. The fourth-order valence-electron chi connectivity index (χ4n) is 4.16. The SMILES string of the molecule is C/C=C(\C)CCOC1OC(CO[C@@]2(C(=O)O)C[C@H](O)C(NC(=O)CO)[C@H](C(O)[C@H](O)CO)O2)C(O)C(O)[C@H]1O. The van der Waals surface area contributed by atoms with Gasteiger partial charge in [0.2, 0.25) is 5.91 Å². The number of carbonyl (C=O) groups excluding carboxylic acids is 1. The number of aliphatic hydroxyl groups is 8. The van der Waals surface area contributed by atoms with E-state index in [1.54, 1.807) is 0 Å². The number of rotatable bonds is 13. The molecule has 2 fully saturated rings. The molecule has 0 aromatic rings. The van der Waals surface area contributed by atoms with Crippen molar-refractivity contribution in [1.29, 1.82) is 0 Å². The fraction of sp³-hybridized carbons (Fsp3) is 0.826. The van der Waals surface area contributed by atoms with Gasteiger partial charge in [0.15, 0.2) is 6.29 Å². The van der Waals surface area contributed by atoms with Crippen molar-refractivity contribution in [2.24, 2.45) is 0 Å². The van der Waals surface area contributed by atoms with E-state index < -0.39 is 105 Å². The van der Waals surface area contributed by atoms with Crippen molar-refractivity contribution in [3.63, 3.8) is 0 Å². The van der Waals surface area contributed by atoms with Gasteiger partial charge in [-0.2, -0.15) is 0 Å². The zero-order chi connectivity index (χ0) is 29.5. The van der Waals surface area contributed by atoms with E-state index in [1.807, 2.05) is 19.9 Å². The predicted octanol–water partition coefficient (Wildman–Crippen LogP) is -4.69. The van der Waals surface area contributed by atoms with Crippen molar-refractivity contribution in [3.05, 3.63) is 11.6 Å². The average Bonchev–Trinajstić information content (AvgIpc) is 2.92. The van der Waals surface area contributed by atoms with E-state index in [0.717, 1.165) is 5.57 Å². The van der Waals surface area contributed by atoms with Gasteiger partial charge in [0, 0.05) is 6.42 Å². The van der Waals surface area contributed by atoms with Gasteiger partial charge < -0.3 is 70.2 Å². The first-order valence-corrected chi connectivity index (χ1v) is 12.3. The maximum Gasteiger partial charge on any atom is 0.364 e. The van der Waals surface area contributed by atoms with E-state index in [1.165, 1.54) is 0 Å². The zero-order valence-corrected chi connectivity index (χ0v) is 21.6. The minimum atomic E-state index is -2.73. The summed E-state index contributed by atoms with van der Waals surface area (Å²) in [7, 11) is 0. The lowest BCUT2D eigenvalue weighted by Crippen LogP contribution is -2.68. The largest absolute Gasteiger partial charge is 0.477 e. The van der Waals surface area contributed by atoms with Crippen LogP contribution in [-0.4, -0.2) is 151 Å². The lowest BCUT2D eigenvalue weighted by molar-refractivity contribution is -0.338. The van der Waals surface area contributed by atoms with Crippen molar-refractivity contribution >= 4 is 11.9 Å². The molecule has 226 valence electrons. The van der Waals surface area contributed by atoms with Crippen LogP contribution in [0.3, 0.4) is 0 Å². The molecule has 0 aromatic heterocycles. The highest BCUT2D eigenvalue weighted by Crippen LogP contribution is 2.34. The molecule has 0 saturated carbocycles. The van der Waals surface area contributed by atoms with Gasteiger partial charge in [0.05, 0.1) is 32.0 Å². The summed E-state index contributed by atoms with van der Waals surface area (Å²) in [6.45, 7) is 0.985. The molecule has 11 atom stereocenters. The Labute approximate surface area is 224 Å². The number of nitrogens with one attached hydrogen (secondary N) is 1. The summed E-state index contributed by atoms with van der Waals surface area (Å²) < 4.78 is 21.9. The number of allylic oxidation sites excluding steroid dienone is 1. The Bertz CT molecular complexity index is 842. The molecule has 16 heteroatoms. The molecule has 0 spiro atoms. The van der Waals surface area contributed by atoms with E-state index >= 15 is 0 Å². The molecular weight excluding hydrogens is 530 g/mol. The third kappa shape index (κ3) is 8.12. The molecule has 16 nitrogen and oxygen atoms in total. The van der Waals surface area contributed by atoms with E-state index in [-0.39, 0.29) is 6.61 Å². The summed E-state index contributed by atoms with van der Waals surface area (Å²) in [4.78, 5) is 24.0. The first-order valence-electron chi connectivity index (χ1n) is 12.3. The maximum atomic E-state index is 12.3. The monoisotopic (exact) mass is 569 g/mol. The van der Waals surface area contributed by atoms with Crippen molar-refractivity contribution in [2.45, 2.75) is 93.6 Å². The van der Waals surface area contributed by atoms with Crippen LogP contribution in [0, 0.1) is 0 Å². The van der Waals surface area contributed by atoms with E-state index in [9.17, 15) is 50.4 Å². The Balaban J connectivity index is 2.24. The lowest BCUT2D eigenvalue weighted by Gasteiger charge is -2.47. The molecule has 2 heterocycles. The molecule has 2 aliphatic heterocycles. The average molecular weight is 570 g/mol. The van der Waals surface area contributed by atoms with Gasteiger partial charge in [-0.05, 0) is 20.3 Å². The number of hydrogen-bond donors (Lipinski definition) is 10. The number of aliphatic carboxylic acids is 1. The lowest BCUT2D eigenvalue weighted by atomic mass is 9.88. The normalized spacial score (nSPS) is 37.2. The van der Waals surface area contributed by atoms with Crippen LogP contribution in [-0.2, 0) is 28.5 Å². The van der Waals surface area contributed by atoms with Gasteiger partial charge in [0.25, 0.3) is 5.79 Å². The number of aliphatic hydroxyl groups excluding tert-OH is 8. The highest BCUT2D eigenvalue weighted by Gasteiger charge is 2.56. The highest BCUT2D eigenvalue weighted by atomic mass is 16.7. The van der Waals surface area contributed by atoms with Crippen LogP contribution >= 0.6 is 0 Å². The molecule has 10 N–H and O–H groups in total. The number of carboxylic acids is 1. The summed E-state index contributed by atoms with van der Waals surface area (Å²) in [5, 5.41) is 92.4. The van der Waals surface area contributed by atoms with Crippen molar-refractivity contribution in [3.8, 4) is 0 Å². The van der Waals surface area contributed by atoms with E-state index in [2.05, 4.69) is 5.32 Å². The molecule has 39 heavy (non-hydrogen) atoms. The second-order valence-corrected chi connectivity index (χ2v) is 9.49. The number of carbonyl (C=O) groups is 2. The summed E-state index contributed by atoms with van der Waals surface area (Å²) in [5.74, 6) is -5.54. The van der Waals surface area contributed by atoms with Gasteiger partial charge in [0.1, 0.15) is 49.3 Å². The van der Waals surface area contributed by atoms with Gasteiger partial charge in [-0.1, -0.05) is 11.6 Å². The maximum absolute atomic E-state index is 12.3. The minimum Gasteiger partial charge on any atom is -0.477 e. The molecule has 0 radical (unpaired) electrons. The molecule has 6 unspecified atom stereocenters. The third-order valence-electron chi connectivity index (χ3n) is 6.71. The Hall–Kier alpha value is -1.80. The zero-order valence-electron chi connectivity index (χ0n) is 21.6. The number of ether oxygens (including phenoxy) is 4. The smallest absolute Gasteiger partial charge is 0.364 e. The summed E-state index contributed by atoms with van der Waals surface area (Å²) in [5.41, 5.74) is 0.980. The first-order chi connectivity index (χ1) is 18.3. The van der Waals surface area contributed by atoms with Crippen molar-refractivity contribution in [1.82, 2.24) is 5.32 Å². The first kappa shape index (κ1) is 33.4. The Morgan fingerprint density at radius 1 is 1.13 bits per heavy atom. The summed E-state index contributed by atoms with van der Waals surface area (Å²) in [6.07, 6.45) is -14.1. The molecule has 1 amide bonds. The van der Waals surface area contributed by atoms with Crippen molar-refractivity contribution < 1.29 is 74.5 Å². The third-order valence-corrected chi connectivity index (χ3v) is 6.71. The Morgan fingerprint density at radius 3 is 2.36 bits per heavy atom. The molecule has 0 aliphatic carbocycles. The Morgan fingerprint density at radius 2 is 1.79 bits per heavy atom. The number of carboxylic acid groups (broad SMARTS) is 1. The van der Waals surface area contributed by atoms with Crippen LogP contribution in [0.1, 0.15) is 26.7 Å². The van der Waals surface area contributed by atoms with Crippen LogP contribution in [0.2, 0.25) is 0 Å². The van der Waals surface area contributed by atoms with Crippen molar-refractivity contribution in [2.75, 3.05) is 26.4 Å². The molecule has 2 rings (SSSR count). The van der Waals surface area contributed by atoms with E-state index in [4.69, 9.17) is 24.1 Å². The summed E-state index contributed by atoms with van der Waals surface area (Å²) >= 11 is 0. The van der Waals surface area contributed by atoms with Gasteiger partial charge >= 0.3 is 5.97 Å². The Kier molecular flexibility index (Phi) is 12.6. The van der Waals surface area contributed by atoms with Gasteiger partial charge in [-0.25, -0.2) is 4.79 Å². The highest BCUT2D eigenvalue weighted by molar-refractivity contribution is 5.78. The molecule has 0 aromatic carbocycles. The number of amides is 1. The van der Waals surface area contributed by atoms with E-state index in [0.29, 0.717) is 6.42 Å². The van der Waals surface area contributed by atoms with Gasteiger partial charge in [-0.3, -0.25) is 4.79 Å². The fourth-order valence-corrected chi connectivity index (χ4v) is 4.16.